The number of allylic oxidation sites excluding steroid dienone is 1. The summed E-state index contributed by atoms with van der Waals surface area (Å²) in [5.74, 6) is 1.36. The number of hydrogen-bond acceptors (Lipinski definition) is 2. The van der Waals surface area contributed by atoms with Crippen molar-refractivity contribution in [3.05, 3.63) is 12.7 Å². The molecule has 0 spiro atoms. The first kappa shape index (κ1) is 10.9. The number of ketones is 1. The van der Waals surface area contributed by atoms with Crippen LogP contribution in [0.3, 0.4) is 0 Å². The molecule has 0 unspecified atom stereocenters. The fourth-order valence-electron chi connectivity index (χ4n) is 3.52. The first-order chi connectivity index (χ1) is 7.07. The van der Waals surface area contributed by atoms with Gasteiger partial charge in [-0.25, -0.2) is 0 Å². The van der Waals surface area contributed by atoms with Crippen molar-refractivity contribution >= 4 is 5.78 Å². The first-order valence-electron chi connectivity index (χ1n) is 5.92. The van der Waals surface area contributed by atoms with Gasteiger partial charge in [0.15, 0.2) is 0 Å². The first-order valence-corrected chi connectivity index (χ1v) is 5.92. The molecule has 0 radical (unpaired) electrons. The molecule has 2 nitrogen and oxygen atoms in total. The molecule has 2 aliphatic carbocycles. The van der Waals surface area contributed by atoms with Gasteiger partial charge >= 0.3 is 0 Å². The van der Waals surface area contributed by atoms with E-state index in [4.69, 9.17) is 0 Å². The van der Waals surface area contributed by atoms with E-state index in [0.29, 0.717) is 17.8 Å². The molecule has 0 aromatic rings. The zero-order valence-corrected chi connectivity index (χ0v) is 9.52. The summed E-state index contributed by atoms with van der Waals surface area (Å²) in [4.78, 5) is 12.1. The van der Waals surface area contributed by atoms with E-state index >= 15 is 0 Å². The van der Waals surface area contributed by atoms with Crippen molar-refractivity contribution in [1.29, 1.82) is 0 Å². The van der Waals surface area contributed by atoms with Gasteiger partial charge in [-0.2, -0.15) is 0 Å². The SMILES string of the molecule is C=C[C@@H]1[C@@H](C)[C@H](C)C(=O)[C@H]2[C@@H]1CC[C@@H]2O. The van der Waals surface area contributed by atoms with Gasteiger partial charge in [-0.05, 0) is 30.6 Å². The molecule has 0 saturated heterocycles. The van der Waals surface area contributed by atoms with Crippen molar-refractivity contribution in [3.8, 4) is 0 Å². The summed E-state index contributed by atoms with van der Waals surface area (Å²) in [6.45, 7) is 8.01. The Kier molecular flexibility index (Phi) is 2.72. The molecule has 84 valence electrons. The van der Waals surface area contributed by atoms with Gasteiger partial charge in [-0.1, -0.05) is 19.9 Å². The highest BCUT2D eigenvalue weighted by Crippen LogP contribution is 2.48. The molecule has 6 atom stereocenters. The third-order valence-electron chi connectivity index (χ3n) is 4.61. The highest BCUT2D eigenvalue weighted by molar-refractivity contribution is 5.85. The molecule has 0 aliphatic heterocycles. The zero-order valence-electron chi connectivity index (χ0n) is 9.52. The summed E-state index contributed by atoms with van der Waals surface area (Å²) in [6.07, 6.45) is 3.35. The third-order valence-corrected chi connectivity index (χ3v) is 4.61. The minimum atomic E-state index is -0.403. The summed E-state index contributed by atoms with van der Waals surface area (Å²) >= 11 is 0. The van der Waals surface area contributed by atoms with Crippen LogP contribution in [0.5, 0.6) is 0 Å². The molecule has 0 bridgehead atoms. The van der Waals surface area contributed by atoms with Crippen molar-refractivity contribution in [3.63, 3.8) is 0 Å². The topological polar surface area (TPSA) is 37.3 Å². The number of Topliss-reactive ketones (excluding diaryl/α,β-unsaturated/α-hetero) is 1. The third kappa shape index (κ3) is 1.46. The largest absolute Gasteiger partial charge is 0.392 e. The van der Waals surface area contributed by atoms with Crippen LogP contribution in [0.25, 0.3) is 0 Å². The molecule has 2 aliphatic rings. The lowest BCUT2D eigenvalue weighted by Crippen LogP contribution is -2.45. The van der Waals surface area contributed by atoms with Gasteiger partial charge in [0.05, 0.1) is 6.10 Å². The number of aliphatic hydroxyl groups is 1. The van der Waals surface area contributed by atoms with E-state index in [9.17, 15) is 9.90 Å². The summed E-state index contributed by atoms with van der Waals surface area (Å²) in [5, 5.41) is 9.86. The van der Waals surface area contributed by atoms with Crippen molar-refractivity contribution < 1.29 is 9.90 Å². The number of carbonyl (C=O) groups excluding carboxylic acids is 1. The maximum atomic E-state index is 12.1. The number of fused-ring (bicyclic) bond motifs is 1. The smallest absolute Gasteiger partial charge is 0.141 e. The van der Waals surface area contributed by atoms with E-state index in [1.54, 1.807) is 0 Å². The van der Waals surface area contributed by atoms with Crippen LogP contribution in [0.1, 0.15) is 26.7 Å². The van der Waals surface area contributed by atoms with Gasteiger partial charge in [-0.3, -0.25) is 4.79 Å². The van der Waals surface area contributed by atoms with Crippen LogP contribution in [0, 0.1) is 29.6 Å². The van der Waals surface area contributed by atoms with Crippen molar-refractivity contribution in [2.75, 3.05) is 0 Å². The van der Waals surface area contributed by atoms with Crippen LogP contribution >= 0.6 is 0 Å². The molecule has 0 aromatic carbocycles. The average Bonchev–Trinajstić information content (AvgIpc) is 2.58. The van der Waals surface area contributed by atoms with Crippen LogP contribution in [0.2, 0.25) is 0 Å². The minimum Gasteiger partial charge on any atom is -0.392 e. The molecule has 0 heterocycles. The van der Waals surface area contributed by atoms with Crippen LogP contribution in [0.4, 0.5) is 0 Å². The molecular weight excluding hydrogens is 188 g/mol. The molecule has 2 rings (SSSR count). The number of aliphatic hydroxyl groups excluding tert-OH is 1. The highest BCUT2D eigenvalue weighted by atomic mass is 16.3. The second kappa shape index (κ2) is 3.75. The summed E-state index contributed by atoms with van der Waals surface area (Å²) in [6, 6.07) is 0. The molecule has 1 N–H and O–H groups in total. The number of carbonyl (C=O) groups is 1. The lowest BCUT2D eigenvalue weighted by molar-refractivity contribution is -0.137. The Hall–Kier alpha value is -0.630. The Bertz CT molecular complexity index is 284. The van der Waals surface area contributed by atoms with Crippen LogP contribution in [-0.4, -0.2) is 17.0 Å². The Morgan fingerprint density at radius 1 is 1.40 bits per heavy atom. The Labute approximate surface area is 91.4 Å². The Morgan fingerprint density at radius 3 is 2.67 bits per heavy atom. The molecule has 2 heteroatoms. The second-order valence-corrected chi connectivity index (χ2v) is 5.20. The lowest BCUT2D eigenvalue weighted by Gasteiger charge is -2.40. The molecule has 15 heavy (non-hydrogen) atoms. The molecule has 0 amide bonds. The van der Waals surface area contributed by atoms with Gasteiger partial charge in [0.25, 0.3) is 0 Å². The Morgan fingerprint density at radius 2 is 2.07 bits per heavy atom. The molecule has 2 fully saturated rings. The van der Waals surface area contributed by atoms with E-state index < -0.39 is 6.10 Å². The van der Waals surface area contributed by atoms with Gasteiger partial charge in [0.2, 0.25) is 0 Å². The van der Waals surface area contributed by atoms with Crippen LogP contribution in [0.15, 0.2) is 12.7 Å². The van der Waals surface area contributed by atoms with Crippen LogP contribution < -0.4 is 0 Å². The monoisotopic (exact) mass is 208 g/mol. The predicted octanol–water partition coefficient (Wildman–Crippen LogP) is 2.03. The second-order valence-electron chi connectivity index (χ2n) is 5.20. The zero-order chi connectivity index (χ0) is 11.2. The standard InChI is InChI=1S/C13H20O2/c1-4-9-7(2)8(3)13(15)12-10(9)5-6-11(12)14/h4,7-12,14H,1,5-6H2,2-3H3/t7-,8-,9+,10+,11-,12-/m0/s1. The maximum absolute atomic E-state index is 12.1. The number of hydrogen-bond donors (Lipinski definition) is 1. The lowest BCUT2D eigenvalue weighted by atomic mass is 9.63. The molecule has 2 saturated carbocycles. The quantitative estimate of drug-likeness (QED) is 0.669. The van der Waals surface area contributed by atoms with E-state index in [-0.39, 0.29) is 17.6 Å². The fourth-order valence-corrected chi connectivity index (χ4v) is 3.52. The normalized spacial score (nSPS) is 50.2. The fraction of sp³-hybridized carbons (Fsp3) is 0.769. The van der Waals surface area contributed by atoms with E-state index in [1.807, 2.05) is 13.0 Å². The Balaban J connectivity index is 2.31. The summed E-state index contributed by atoms with van der Waals surface area (Å²) in [7, 11) is 0. The van der Waals surface area contributed by atoms with Gasteiger partial charge in [0.1, 0.15) is 5.78 Å². The highest BCUT2D eigenvalue weighted by Gasteiger charge is 2.50. The van der Waals surface area contributed by atoms with E-state index in [0.717, 1.165) is 12.8 Å². The van der Waals surface area contributed by atoms with Crippen molar-refractivity contribution in [1.82, 2.24) is 0 Å². The van der Waals surface area contributed by atoms with E-state index in [2.05, 4.69) is 13.5 Å². The van der Waals surface area contributed by atoms with Crippen LogP contribution in [-0.2, 0) is 4.79 Å². The maximum Gasteiger partial charge on any atom is 0.141 e. The average molecular weight is 208 g/mol. The van der Waals surface area contributed by atoms with Crippen molar-refractivity contribution in [2.45, 2.75) is 32.8 Å². The predicted molar refractivity (Wildman–Crippen MR) is 59.2 cm³/mol. The van der Waals surface area contributed by atoms with Gasteiger partial charge < -0.3 is 5.11 Å². The summed E-state index contributed by atoms with van der Waals surface area (Å²) < 4.78 is 0. The molecule has 0 aromatic heterocycles. The van der Waals surface area contributed by atoms with Crippen molar-refractivity contribution in [2.24, 2.45) is 29.6 Å². The van der Waals surface area contributed by atoms with Gasteiger partial charge in [-0.15, -0.1) is 6.58 Å². The minimum absolute atomic E-state index is 0.0713. The summed E-state index contributed by atoms with van der Waals surface area (Å²) in [5.41, 5.74) is 0. The number of rotatable bonds is 1. The van der Waals surface area contributed by atoms with Gasteiger partial charge in [0, 0.05) is 11.8 Å². The molecular formula is C13H20O2. The van der Waals surface area contributed by atoms with E-state index in [1.165, 1.54) is 0 Å².